The van der Waals surface area contributed by atoms with Gasteiger partial charge in [-0.25, -0.2) is 0 Å². The van der Waals surface area contributed by atoms with Crippen LogP contribution in [-0.4, -0.2) is 56.1 Å². The average Bonchev–Trinajstić information content (AvgIpc) is 3.21. The van der Waals surface area contributed by atoms with E-state index in [0.29, 0.717) is 43.2 Å². The van der Waals surface area contributed by atoms with Crippen molar-refractivity contribution in [1.82, 2.24) is 9.80 Å². The van der Waals surface area contributed by atoms with Crippen LogP contribution in [-0.2, 0) is 10.0 Å². The van der Waals surface area contributed by atoms with E-state index in [-0.39, 0.29) is 10.8 Å². The minimum atomic E-state index is -3.72. The second kappa shape index (κ2) is 7.52. The van der Waals surface area contributed by atoms with E-state index < -0.39 is 10.0 Å². The number of hydrogen-bond donors (Lipinski definition) is 0. The van der Waals surface area contributed by atoms with Crippen LogP contribution in [0, 0.1) is 0 Å². The highest BCUT2D eigenvalue weighted by atomic mass is 32.2. The number of hydrogen-bond acceptors (Lipinski definition) is 5. The van der Waals surface area contributed by atoms with E-state index in [4.69, 9.17) is 0 Å². The third-order valence-corrected chi connectivity index (χ3v) is 7.32. The number of rotatable bonds is 2. The number of nitrogens with zero attached hydrogens (tertiary/aromatic N) is 3. The largest absolute Gasteiger partial charge is 0.354 e. The highest BCUT2D eigenvalue weighted by molar-refractivity contribution is 8.00. The zero-order valence-electron chi connectivity index (χ0n) is 15.5. The number of amidine groups is 1. The van der Waals surface area contributed by atoms with E-state index in [9.17, 15) is 13.2 Å². The van der Waals surface area contributed by atoms with E-state index in [2.05, 4.69) is 4.40 Å². The number of carbonyl (C=O) groups excluding carboxylic acids is 1. The lowest BCUT2D eigenvalue weighted by Gasteiger charge is -2.23. The maximum absolute atomic E-state index is 12.7. The second-order valence-corrected chi connectivity index (χ2v) is 9.31. The van der Waals surface area contributed by atoms with Crippen LogP contribution in [0.2, 0.25) is 0 Å². The molecule has 1 aromatic carbocycles. The molecule has 0 spiro atoms. The molecule has 8 heteroatoms. The summed E-state index contributed by atoms with van der Waals surface area (Å²) < 4.78 is 29.5. The first-order valence-electron chi connectivity index (χ1n) is 9.17. The van der Waals surface area contributed by atoms with Crippen molar-refractivity contribution in [3.63, 3.8) is 0 Å². The van der Waals surface area contributed by atoms with Crippen molar-refractivity contribution in [3.05, 3.63) is 63.9 Å². The zero-order chi connectivity index (χ0) is 19.7. The third kappa shape index (κ3) is 3.49. The van der Waals surface area contributed by atoms with Gasteiger partial charge in [-0.05, 0) is 30.4 Å². The molecule has 2 aromatic rings. The minimum absolute atomic E-state index is 0.0371. The zero-order valence-corrected chi connectivity index (χ0v) is 17.2. The van der Waals surface area contributed by atoms with Crippen molar-refractivity contribution < 1.29 is 13.2 Å². The van der Waals surface area contributed by atoms with Crippen LogP contribution in [0.3, 0.4) is 0 Å². The Bertz CT molecular complexity index is 1040. The molecule has 1 fully saturated rings. The topological polar surface area (TPSA) is 70.1 Å². The molecule has 2 aliphatic heterocycles. The fraction of sp³-hybridized carbons (Fsp3) is 0.300. The first-order chi connectivity index (χ1) is 13.5. The lowest BCUT2D eigenvalue weighted by molar-refractivity contribution is 0.0769. The van der Waals surface area contributed by atoms with Gasteiger partial charge < -0.3 is 9.80 Å². The molecule has 1 amide bonds. The van der Waals surface area contributed by atoms with Crippen LogP contribution < -0.4 is 0 Å². The molecule has 4 rings (SSSR count). The predicted octanol–water partition coefficient (Wildman–Crippen LogP) is 3.07. The monoisotopic (exact) mass is 415 g/mol. The first-order valence-corrected chi connectivity index (χ1v) is 11.5. The Hall–Kier alpha value is -2.45. The fourth-order valence-electron chi connectivity index (χ4n) is 3.66. The first kappa shape index (κ1) is 18.9. The van der Waals surface area contributed by atoms with Crippen LogP contribution in [0.15, 0.2) is 57.8 Å². The van der Waals surface area contributed by atoms with Crippen molar-refractivity contribution in [3.8, 4) is 0 Å². The number of sulfonamides is 1. The molecule has 0 saturated carbocycles. The summed E-state index contributed by atoms with van der Waals surface area (Å²) in [5.41, 5.74) is 1.33. The van der Waals surface area contributed by atoms with E-state index >= 15 is 0 Å². The molecule has 0 aliphatic carbocycles. The number of thiophene rings is 1. The molecule has 1 aromatic heterocycles. The molecular weight excluding hydrogens is 394 g/mol. The van der Waals surface area contributed by atoms with Crippen molar-refractivity contribution in [1.29, 1.82) is 0 Å². The van der Waals surface area contributed by atoms with Gasteiger partial charge in [-0.15, -0.1) is 15.7 Å². The van der Waals surface area contributed by atoms with Gasteiger partial charge in [0.25, 0.3) is 15.9 Å². The summed E-state index contributed by atoms with van der Waals surface area (Å²) in [5, 5.41) is 1.90. The summed E-state index contributed by atoms with van der Waals surface area (Å²) >= 11 is 1.44. The van der Waals surface area contributed by atoms with E-state index in [1.54, 1.807) is 12.1 Å². The summed E-state index contributed by atoms with van der Waals surface area (Å²) in [6.45, 7) is 4.24. The number of benzene rings is 1. The minimum Gasteiger partial charge on any atom is -0.354 e. The lowest BCUT2D eigenvalue weighted by Crippen LogP contribution is -2.37. The molecule has 2 aliphatic rings. The molecule has 28 heavy (non-hydrogen) atoms. The normalized spacial score (nSPS) is 19.5. The van der Waals surface area contributed by atoms with Gasteiger partial charge in [0.15, 0.2) is 0 Å². The van der Waals surface area contributed by atoms with E-state index in [1.807, 2.05) is 52.4 Å². The van der Waals surface area contributed by atoms with Crippen LogP contribution in [0.4, 0.5) is 0 Å². The van der Waals surface area contributed by atoms with Gasteiger partial charge in [0.1, 0.15) is 10.7 Å². The number of amides is 1. The van der Waals surface area contributed by atoms with Crippen LogP contribution in [0.25, 0.3) is 4.91 Å². The van der Waals surface area contributed by atoms with Gasteiger partial charge in [-0.2, -0.15) is 8.42 Å². The van der Waals surface area contributed by atoms with Crippen LogP contribution >= 0.6 is 11.3 Å². The molecule has 1 saturated heterocycles. The summed E-state index contributed by atoms with van der Waals surface area (Å²) in [6, 6.07) is 12.8. The van der Waals surface area contributed by atoms with Crippen molar-refractivity contribution in [2.45, 2.75) is 13.3 Å². The van der Waals surface area contributed by atoms with Gasteiger partial charge in [-0.3, -0.25) is 4.79 Å². The Kier molecular flexibility index (Phi) is 5.07. The summed E-state index contributed by atoms with van der Waals surface area (Å²) in [7, 11) is -3.72. The Labute approximate surface area is 168 Å². The molecule has 0 N–H and O–H groups in total. The molecule has 0 unspecified atom stereocenters. The maximum Gasteiger partial charge on any atom is 0.285 e. The smallest absolute Gasteiger partial charge is 0.285 e. The molecular formula is C20H21N3O3S2. The fourth-order valence-corrected chi connectivity index (χ4v) is 5.84. The SMILES string of the molecule is CC1=C(c2ccccc2)S(=O)(=O)N=C1N1CCCN(C(=O)c2cccs2)CC1. The Morgan fingerprint density at radius 1 is 1.04 bits per heavy atom. The molecule has 0 atom stereocenters. The van der Waals surface area contributed by atoms with Gasteiger partial charge in [0, 0.05) is 31.8 Å². The Balaban J connectivity index is 1.56. The second-order valence-electron chi connectivity index (χ2n) is 6.82. The van der Waals surface area contributed by atoms with Gasteiger partial charge >= 0.3 is 0 Å². The quantitative estimate of drug-likeness (QED) is 0.756. The number of carbonyl (C=O) groups is 1. The predicted molar refractivity (Wildman–Crippen MR) is 112 cm³/mol. The van der Waals surface area contributed by atoms with Crippen molar-refractivity contribution in [2.75, 3.05) is 26.2 Å². The highest BCUT2D eigenvalue weighted by Crippen LogP contribution is 2.33. The maximum atomic E-state index is 12.7. The Morgan fingerprint density at radius 2 is 1.82 bits per heavy atom. The molecule has 0 bridgehead atoms. The van der Waals surface area contributed by atoms with Gasteiger partial charge in [0.2, 0.25) is 0 Å². The van der Waals surface area contributed by atoms with Crippen LogP contribution in [0.5, 0.6) is 0 Å². The third-order valence-electron chi connectivity index (χ3n) is 4.99. The van der Waals surface area contributed by atoms with E-state index in [0.717, 1.165) is 11.3 Å². The lowest BCUT2D eigenvalue weighted by atomic mass is 10.1. The van der Waals surface area contributed by atoms with Gasteiger partial charge in [-0.1, -0.05) is 36.4 Å². The van der Waals surface area contributed by atoms with Gasteiger partial charge in [0.05, 0.1) is 4.88 Å². The Morgan fingerprint density at radius 3 is 2.54 bits per heavy atom. The molecule has 6 nitrogen and oxygen atoms in total. The molecule has 146 valence electrons. The standard InChI is InChI=1S/C20H21N3O3S2/c1-15-18(16-7-3-2-4-8-16)28(25,26)21-19(15)22-10-6-11-23(13-12-22)20(24)17-9-5-14-27-17/h2-5,7-9,14H,6,10-13H2,1H3. The molecule has 3 heterocycles. The van der Waals surface area contributed by atoms with Crippen LogP contribution in [0.1, 0.15) is 28.6 Å². The van der Waals surface area contributed by atoms with E-state index in [1.165, 1.54) is 11.3 Å². The summed E-state index contributed by atoms with van der Waals surface area (Å²) in [4.78, 5) is 17.5. The summed E-state index contributed by atoms with van der Waals surface area (Å²) in [5.74, 6) is 0.541. The molecule has 0 radical (unpaired) electrons. The summed E-state index contributed by atoms with van der Waals surface area (Å²) in [6.07, 6.45) is 0.768. The van der Waals surface area contributed by atoms with Crippen molar-refractivity contribution >= 4 is 38.0 Å². The highest BCUT2D eigenvalue weighted by Gasteiger charge is 2.34. The van der Waals surface area contributed by atoms with Crippen molar-refractivity contribution in [2.24, 2.45) is 4.40 Å². The average molecular weight is 416 g/mol.